The molecule has 0 spiro atoms. The topological polar surface area (TPSA) is 195 Å². The summed E-state index contributed by atoms with van der Waals surface area (Å²) in [5.41, 5.74) is 3.21. The number of phenols is 1. The van der Waals surface area contributed by atoms with Crippen molar-refractivity contribution in [1.82, 2.24) is 5.32 Å². The summed E-state index contributed by atoms with van der Waals surface area (Å²) in [6, 6.07) is 16.6. The molecule has 9 rings (SSSR count). The lowest BCUT2D eigenvalue weighted by molar-refractivity contribution is -0.228. The number of aliphatic hydroxyl groups excluding tert-OH is 3. The number of hydrogen-bond donors (Lipinski definition) is 7. The molecule has 344 valence electrons. The number of aromatic hydroxyl groups is 1. The maximum atomic E-state index is 15.3. The third-order valence-corrected chi connectivity index (χ3v) is 15.3. The van der Waals surface area contributed by atoms with Crippen LogP contribution in [0.15, 0.2) is 66.2 Å². The third kappa shape index (κ3) is 9.23. The zero-order chi connectivity index (χ0) is 45.6. The van der Waals surface area contributed by atoms with Crippen LogP contribution in [0.2, 0.25) is 0 Å². The van der Waals surface area contributed by atoms with Crippen LogP contribution in [0.1, 0.15) is 116 Å². The highest BCUT2D eigenvalue weighted by Gasteiger charge is 2.62. The van der Waals surface area contributed by atoms with Gasteiger partial charge in [-0.25, -0.2) is 4.79 Å². The predicted molar refractivity (Wildman–Crippen MR) is 243 cm³/mol. The van der Waals surface area contributed by atoms with Gasteiger partial charge in [-0.3, -0.25) is 9.59 Å². The van der Waals surface area contributed by atoms with E-state index in [4.69, 9.17) is 9.47 Å². The number of nitrogens with one attached hydrogen (secondary N) is 2. The van der Waals surface area contributed by atoms with Crippen molar-refractivity contribution in [3.8, 4) is 23.3 Å². The van der Waals surface area contributed by atoms with Gasteiger partial charge >= 0.3 is 11.9 Å². The van der Waals surface area contributed by atoms with Crippen molar-refractivity contribution in [3.05, 3.63) is 99.6 Å². The van der Waals surface area contributed by atoms with Crippen molar-refractivity contribution in [3.63, 3.8) is 0 Å². The Morgan fingerprint density at radius 3 is 2.46 bits per heavy atom. The van der Waals surface area contributed by atoms with E-state index in [1.807, 2.05) is 42.5 Å². The number of carbonyl (C=O) groups excluding carboxylic acids is 3. The van der Waals surface area contributed by atoms with Gasteiger partial charge in [0.05, 0.1) is 30.7 Å². The first-order chi connectivity index (χ1) is 31.3. The number of esters is 2. The number of ketones is 1. The van der Waals surface area contributed by atoms with Gasteiger partial charge in [0.25, 0.3) is 0 Å². The highest BCUT2D eigenvalue weighted by molar-refractivity contribution is 5.89. The summed E-state index contributed by atoms with van der Waals surface area (Å²) in [6.07, 6.45) is 3.20. The fourth-order valence-electron chi connectivity index (χ4n) is 12.3. The van der Waals surface area contributed by atoms with E-state index in [0.717, 1.165) is 43.2 Å². The van der Waals surface area contributed by atoms with E-state index < -0.39 is 53.8 Å². The molecule has 0 saturated heterocycles. The van der Waals surface area contributed by atoms with Crippen LogP contribution >= 0.6 is 0 Å². The van der Waals surface area contributed by atoms with Crippen LogP contribution in [0, 0.1) is 41.4 Å². The molecule has 3 saturated carbocycles. The Bertz CT molecular complexity index is 2420. The minimum absolute atomic E-state index is 0.0446. The van der Waals surface area contributed by atoms with Crippen LogP contribution in [0.25, 0.3) is 0 Å². The number of anilines is 1. The molecule has 3 aromatic carbocycles. The Kier molecular flexibility index (Phi) is 13.0. The number of carbonyl (C=O) groups is 3. The Morgan fingerprint density at radius 1 is 0.877 bits per heavy atom. The highest BCUT2D eigenvalue weighted by Crippen LogP contribution is 2.59. The summed E-state index contributed by atoms with van der Waals surface area (Å²) in [5.74, 6) is 3.27. The second-order valence-electron chi connectivity index (χ2n) is 19.7. The number of hydrogen-bond acceptors (Lipinski definition) is 12. The van der Waals surface area contributed by atoms with E-state index in [-0.39, 0.29) is 91.2 Å². The summed E-state index contributed by atoms with van der Waals surface area (Å²) in [5, 5.41) is 65.3. The number of fused-ring (bicyclic) bond motifs is 9. The van der Waals surface area contributed by atoms with E-state index >= 15 is 4.79 Å². The molecule has 12 atom stereocenters. The highest BCUT2D eigenvalue weighted by atomic mass is 16.6. The van der Waals surface area contributed by atoms with Gasteiger partial charge in [0.15, 0.2) is 0 Å². The van der Waals surface area contributed by atoms with Crippen molar-refractivity contribution in [2.75, 3.05) is 25.5 Å². The molecule has 12 heteroatoms. The van der Waals surface area contributed by atoms with Crippen molar-refractivity contribution in [2.45, 2.75) is 126 Å². The average Bonchev–Trinajstić information content (AvgIpc) is 3.28. The van der Waals surface area contributed by atoms with Gasteiger partial charge in [-0.1, -0.05) is 61.4 Å². The van der Waals surface area contributed by atoms with Crippen molar-refractivity contribution < 1.29 is 49.4 Å². The number of aliphatic hydroxyl groups is 4. The number of ether oxygens (including phenoxy) is 2. The van der Waals surface area contributed by atoms with Gasteiger partial charge in [-0.2, -0.15) is 0 Å². The molecule has 3 heterocycles. The lowest BCUT2D eigenvalue weighted by Crippen LogP contribution is -2.65. The Balaban J connectivity index is 1.26. The summed E-state index contributed by atoms with van der Waals surface area (Å²) in [6.45, 7) is 2.14. The van der Waals surface area contributed by atoms with Crippen molar-refractivity contribution in [2.24, 2.45) is 29.6 Å². The zero-order valence-corrected chi connectivity index (χ0v) is 37.3. The minimum atomic E-state index is -1.58. The van der Waals surface area contributed by atoms with E-state index in [9.17, 15) is 35.1 Å². The Labute approximate surface area is 380 Å². The quantitative estimate of drug-likeness (QED) is 0.0869. The molecule has 3 aromatic rings. The first-order valence-electron chi connectivity index (χ1n) is 23.7. The number of likely N-dealkylation sites (N-methyl/N-ethyl adjacent to an activating group) is 1. The molecule has 65 heavy (non-hydrogen) atoms. The molecule has 3 fully saturated rings. The third-order valence-electron chi connectivity index (χ3n) is 15.3. The van der Waals surface area contributed by atoms with Crippen LogP contribution in [0.5, 0.6) is 11.5 Å². The lowest BCUT2D eigenvalue weighted by atomic mass is 9.48. The molecular weight excluding hydrogens is 825 g/mol. The molecule has 0 amide bonds. The molecule has 7 N–H and O–H groups in total. The predicted octanol–water partition coefficient (Wildman–Crippen LogP) is 5.71. The number of phenolic OH excluding ortho intramolecular Hbond substituents is 1. The zero-order valence-electron chi connectivity index (χ0n) is 37.3. The first kappa shape index (κ1) is 45.1. The summed E-state index contributed by atoms with van der Waals surface area (Å²) in [4.78, 5) is 42.6. The Morgan fingerprint density at radius 2 is 1.66 bits per heavy atom. The molecule has 3 aliphatic heterocycles. The van der Waals surface area contributed by atoms with Gasteiger partial charge < -0.3 is 45.6 Å². The van der Waals surface area contributed by atoms with Crippen LogP contribution in [-0.4, -0.2) is 87.3 Å². The molecular formula is C53H62N2O10. The monoisotopic (exact) mass is 886 g/mol. The fraction of sp³-hybridized carbons (Fsp3) is 0.528. The summed E-state index contributed by atoms with van der Waals surface area (Å²) >= 11 is 0. The van der Waals surface area contributed by atoms with Gasteiger partial charge in [-0.05, 0) is 122 Å². The normalized spacial score (nSPS) is 31.9. The average molecular weight is 887 g/mol. The summed E-state index contributed by atoms with van der Waals surface area (Å²) < 4.78 is 12.5. The Hall–Kier alpha value is -5.03. The van der Waals surface area contributed by atoms with Crippen LogP contribution < -0.4 is 15.4 Å². The molecule has 0 radical (unpaired) electrons. The van der Waals surface area contributed by atoms with Gasteiger partial charge in [0.2, 0.25) is 0 Å². The molecule has 6 aliphatic rings. The van der Waals surface area contributed by atoms with E-state index in [0.29, 0.717) is 47.2 Å². The molecule has 10 bridgehead atoms. The van der Waals surface area contributed by atoms with Crippen molar-refractivity contribution >= 4 is 23.4 Å². The van der Waals surface area contributed by atoms with Gasteiger partial charge in [0.1, 0.15) is 29.0 Å². The standard InChI is InChI=1S/C53H62N2O10/c1-29(56)27-55-39-19-35(18-36(20-39)48(60)28-54-2)32-10-11-33-25-51(61)64-49-26-47(59)37(23-41(33)49)24-50-53(63)44-9-4-3-8-34(44)22-42-43(46(58)13-12-45(42)53)16-31-7-5-6-30(14-31)15-40(57)21-38(17-32)52(62)65-50/h5-7,14,18-21,23,26,29,32-34,40,42-45,48,50,54-57,59-60,63H,3-4,8-9,12-13,15-17,22,24-25,27-28H2,1-2H3. The maximum Gasteiger partial charge on any atom is 0.334 e. The molecule has 12 nitrogen and oxygen atoms in total. The maximum absolute atomic E-state index is 15.3. The van der Waals surface area contributed by atoms with E-state index in [1.165, 1.54) is 12.1 Å². The SMILES string of the molecule is CNCC(O)c1cc(NCC(C)O)cc(C2C#CC3CC(=O)Oc4cc(O)c(cc43)CC3OC(=O)C(=CC(O)Cc4cccc(c4)CC4C(=O)CCC5C4CC4CCCCC4C35O)C2)c1. The van der Waals surface area contributed by atoms with E-state index in [2.05, 4.69) is 22.5 Å². The van der Waals surface area contributed by atoms with E-state index in [1.54, 1.807) is 20.0 Å². The second kappa shape index (κ2) is 18.7. The van der Waals surface area contributed by atoms with Crippen LogP contribution in [-0.2, 0) is 38.4 Å². The van der Waals surface area contributed by atoms with Gasteiger partial charge in [0, 0.05) is 67.1 Å². The number of benzene rings is 3. The van der Waals surface area contributed by atoms with Gasteiger partial charge in [-0.15, -0.1) is 0 Å². The smallest absolute Gasteiger partial charge is 0.334 e. The fourth-order valence-corrected chi connectivity index (χ4v) is 12.3. The van der Waals surface area contributed by atoms with Crippen molar-refractivity contribution in [1.29, 1.82) is 0 Å². The second-order valence-corrected chi connectivity index (χ2v) is 19.7. The largest absolute Gasteiger partial charge is 0.508 e. The number of Topliss-reactive ketones (excluding diaryl/α,β-unsaturated/α-hetero) is 1. The van der Waals surface area contributed by atoms with Crippen LogP contribution in [0.4, 0.5) is 5.69 Å². The molecule has 12 unspecified atom stereocenters. The minimum Gasteiger partial charge on any atom is -0.508 e. The lowest BCUT2D eigenvalue weighted by Gasteiger charge is -2.59. The number of rotatable bonds is 7. The molecule has 3 aliphatic carbocycles. The van der Waals surface area contributed by atoms with Crippen LogP contribution in [0.3, 0.4) is 0 Å². The first-order valence-corrected chi connectivity index (χ1v) is 23.7. The summed E-state index contributed by atoms with van der Waals surface area (Å²) in [7, 11) is 1.74. The molecule has 0 aromatic heterocycles.